The first-order valence-corrected chi connectivity index (χ1v) is 10.4. The van der Waals surface area contributed by atoms with Crippen LogP contribution >= 0.6 is 24.0 Å². The van der Waals surface area contributed by atoms with E-state index in [0.29, 0.717) is 25.4 Å². The molecule has 0 spiro atoms. The van der Waals surface area contributed by atoms with Crippen LogP contribution in [0.4, 0.5) is 0 Å². The van der Waals surface area contributed by atoms with Crippen LogP contribution in [0.3, 0.4) is 0 Å². The summed E-state index contributed by atoms with van der Waals surface area (Å²) in [6, 6.07) is 6.50. The van der Waals surface area contributed by atoms with Crippen LogP contribution in [0.5, 0.6) is 0 Å². The predicted octanol–water partition coefficient (Wildman–Crippen LogP) is 3.50. The number of fused-ring (bicyclic) bond motifs is 1. The van der Waals surface area contributed by atoms with Crippen LogP contribution in [0.25, 0.3) is 10.9 Å². The Morgan fingerprint density at radius 2 is 1.86 bits per heavy atom. The van der Waals surface area contributed by atoms with Crippen LogP contribution in [-0.4, -0.2) is 43.5 Å². The molecular weight excluding hydrogens is 477 g/mol. The molecule has 3 rings (SSSR count). The number of aliphatic imine (C=N–C) groups is 1. The number of H-pyrrole nitrogens is 1. The molecule has 1 saturated carbocycles. The van der Waals surface area contributed by atoms with Gasteiger partial charge in [-0.3, -0.25) is 9.79 Å². The molecule has 1 aliphatic rings. The van der Waals surface area contributed by atoms with Gasteiger partial charge in [0.2, 0.25) is 5.91 Å². The van der Waals surface area contributed by atoms with Gasteiger partial charge < -0.3 is 20.9 Å². The second kappa shape index (κ2) is 12.0. The first kappa shape index (κ1) is 23.5. The topological polar surface area (TPSA) is 81.3 Å². The van der Waals surface area contributed by atoms with Crippen LogP contribution < -0.4 is 16.0 Å². The molecule has 1 aromatic carbocycles. The maximum absolute atomic E-state index is 12.0. The van der Waals surface area contributed by atoms with Crippen molar-refractivity contribution >= 4 is 46.7 Å². The van der Waals surface area contributed by atoms with Crippen molar-refractivity contribution in [1.82, 2.24) is 20.9 Å². The monoisotopic (exact) mass is 511 g/mol. The van der Waals surface area contributed by atoms with Gasteiger partial charge in [-0.25, -0.2) is 0 Å². The molecule has 160 valence electrons. The summed E-state index contributed by atoms with van der Waals surface area (Å²) in [4.78, 5) is 19.6. The summed E-state index contributed by atoms with van der Waals surface area (Å²) in [6.07, 6.45) is 8.65. The van der Waals surface area contributed by atoms with Gasteiger partial charge in [-0.2, -0.15) is 0 Å². The normalized spacial score (nSPS) is 14.6. The molecule has 0 unspecified atom stereocenters. The van der Waals surface area contributed by atoms with Crippen molar-refractivity contribution in [3.63, 3.8) is 0 Å². The first-order chi connectivity index (χ1) is 13.7. The largest absolute Gasteiger partial charge is 0.361 e. The van der Waals surface area contributed by atoms with Gasteiger partial charge in [-0.1, -0.05) is 25.0 Å². The summed E-state index contributed by atoms with van der Waals surface area (Å²) in [5, 5.41) is 10.9. The number of halogens is 1. The Kier molecular flexibility index (Phi) is 9.76. The molecule has 0 radical (unpaired) electrons. The Bertz CT molecular complexity index is 811. The number of nitrogens with zero attached hydrogens (tertiary/aromatic N) is 1. The number of guanidine groups is 1. The van der Waals surface area contributed by atoms with Gasteiger partial charge in [-0.15, -0.1) is 24.0 Å². The van der Waals surface area contributed by atoms with E-state index >= 15 is 0 Å². The highest BCUT2D eigenvalue weighted by Gasteiger charge is 2.17. The molecule has 1 aliphatic carbocycles. The van der Waals surface area contributed by atoms with Crippen LogP contribution in [0.1, 0.15) is 43.2 Å². The van der Waals surface area contributed by atoms with Crippen molar-refractivity contribution < 1.29 is 4.79 Å². The van der Waals surface area contributed by atoms with Gasteiger partial charge in [0.15, 0.2) is 5.96 Å². The van der Waals surface area contributed by atoms with Gasteiger partial charge in [0.05, 0.1) is 0 Å². The fraction of sp³-hybridized carbons (Fsp3) is 0.545. The second-order valence-electron chi connectivity index (χ2n) is 7.74. The standard InChI is InChI=1S/C22H33N5O.HI/c1-16-7-8-19-18(15-27-20(19)13-16)9-10-25-22(23-2)26-12-11-24-21(28)14-17-5-3-4-6-17;/h7-8,13,15,17,27H,3-6,9-12,14H2,1-2H3,(H,24,28)(H2,23,25,26);1H. The van der Waals surface area contributed by atoms with E-state index in [1.54, 1.807) is 7.05 Å². The SMILES string of the molecule is CN=C(NCCNC(=O)CC1CCCC1)NCCc1c[nH]c2cc(C)ccc12.I. The maximum atomic E-state index is 12.0. The Hall–Kier alpha value is -1.77. The van der Waals surface area contributed by atoms with E-state index in [2.05, 4.69) is 57.2 Å². The van der Waals surface area contributed by atoms with Crippen molar-refractivity contribution in [2.24, 2.45) is 10.9 Å². The molecule has 29 heavy (non-hydrogen) atoms. The van der Waals surface area contributed by atoms with Crippen molar-refractivity contribution in [2.45, 2.75) is 45.4 Å². The highest BCUT2D eigenvalue weighted by molar-refractivity contribution is 14.0. The lowest BCUT2D eigenvalue weighted by molar-refractivity contribution is -0.121. The summed E-state index contributed by atoms with van der Waals surface area (Å²) in [5.41, 5.74) is 3.75. The molecule has 6 nitrogen and oxygen atoms in total. The molecule has 2 aromatic rings. The Morgan fingerprint density at radius 1 is 1.14 bits per heavy atom. The predicted molar refractivity (Wildman–Crippen MR) is 131 cm³/mol. The van der Waals surface area contributed by atoms with Crippen molar-refractivity contribution in [1.29, 1.82) is 0 Å². The van der Waals surface area contributed by atoms with Crippen LogP contribution in [0, 0.1) is 12.8 Å². The third-order valence-corrected chi connectivity index (χ3v) is 5.52. The van der Waals surface area contributed by atoms with E-state index in [9.17, 15) is 4.79 Å². The molecule has 0 atom stereocenters. The first-order valence-electron chi connectivity index (χ1n) is 10.4. The molecule has 0 aliphatic heterocycles. The Labute approximate surface area is 190 Å². The molecule has 4 N–H and O–H groups in total. The third kappa shape index (κ3) is 7.21. The Morgan fingerprint density at radius 3 is 2.62 bits per heavy atom. The summed E-state index contributed by atoms with van der Waals surface area (Å²) in [7, 11) is 1.77. The fourth-order valence-electron chi connectivity index (χ4n) is 3.97. The minimum atomic E-state index is 0. The number of amides is 1. The van der Waals surface area contributed by atoms with E-state index in [4.69, 9.17) is 0 Å². The molecule has 0 bridgehead atoms. The van der Waals surface area contributed by atoms with Crippen LogP contribution in [0.2, 0.25) is 0 Å². The quantitative estimate of drug-likeness (QED) is 0.190. The zero-order valence-electron chi connectivity index (χ0n) is 17.5. The Balaban J connectivity index is 0.00000300. The number of nitrogens with one attached hydrogen (secondary N) is 4. The van der Waals surface area contributed by atoms with Crippen molar-refractivity contribution in [2.75, 3.05) is 26.7 Å². The minimum Gasteiger partial charge on any atom is -0.361 e. The number of benzene rings is 1. The lowest BCUT2D eigenvalue weighted by Gasteiger charge is -2.13. The summed E-state index contributed by atoms with van der Waals surface area (Å²) in [5.74, 6) is 1.53. The molecule has 7 heteroatoms. The van der Waals surface area contributed by atoms with E-state index < -0.39 is 0 Å². The van der Waals surface area contributed by atoms with Crippen molar-refractivity contribution in [3.05, 3.63) is 35.5 Å². The average Bonchev–Trinajstić information content (AvgIpc) is 3.33. The van der Waals surface area contributed by atoms with Crippen molar-refractivity contribution in [3.8, 4) is 0 Å². The summed E-state index contributed by atoms with van der Waals surface area (Å²) in [6.45, 7) is 4.19. The number of aryl methyl sites for hydroxylation is 1. The maximum Gasteiger partial charge on any atom is 0.220 e. The lowest BCUT2D eigenvalue weighted by Crippen LogP contribution is -2.42. The average molecular weight is 511 g/mol. The minimum absolute atomic E-state index is 0. The summed E-state index contributed by atoms with van der Waals surface area (Å²) < 4.78 is 0. The van der Waals surface area contributed by atoms with E-state index in [-0.39, 0.29) is 29.9 Å². The van der Waals surface area contributed by atoms with Gasteiger partial charge in [0.1, 0.15) is 0 Å². The van der Waals surface area contributed by atoms with E-state index in [1.807, 2.05) is 0 Å². The van der Waals surface area contributed by atoms with Gasteiger partial charge >= 0.3 is 0 Å². The third-order valence-electron chi connectivity index (χ3n) is 5.52. The number of carbonyl (C=O) groups is 1. The number of rotatable bonds is 8. The molecule has 1 amide bonds. The molecule has 0 saturated heterocycles. The number of aromatic nitrogens is 1. The molecule has 1 fully saturated rings. The number of aromatic amines is 1. The molecule has 1 aromatic heterocycles. The van der Waals surface area contributed by atoms with E-state index in [1.165, 1.54) is 47.7 Å². The number of hydrogen-bond acceptors (Lipinski definition) is 2. The molecule has 1 heterocycles. The second-order valence-corrected chi connectivity index (χ2v) is 7.74. The van der Waals surface area contributed by atoms with Crippen LogP contribution in [-0.2, 0) is 11.2 Å². The summed E-state index contributed by atoms with van der Waals surface area (Å²) >= 11 is 0. The van der Waals surface area contributed by atoms with Gasteiger partial charge in [0, 0.05) is 50.2 Å². The number of carbonyl (C=O) groups excluding carboxylic acids is 1. The highest BCUT2D eigenvalue weighted by atomic mass is 127. The zero-order valence-corrected chi connectivity index (χ0v) is 19.8. The van der Waals surface area contributed by atoms with E-state index in [0.717, 1.165) is 18.9 Å². The smallest absolute Gasteiger partial charge is 0.220 e. The lowest BCUT2D eigenvalue weighted by atomic mass is 10.0. The zero-order chi connectivity index (χ0) is 19.8. The molecular formula is C22H34IN5O. The van der Waals surface area contributed by atoms with Crippen LogP contribution in [0.15, 0.2) is 29.4 Å². The van der Waals surface area contributed by atoms with Gasteiger partial charge in [0.25, 0.3) is 0 Å². The fourth-order valence-corrected chi connectivity index (χ4v) is 3.97. The highest BCUT2D eigenvalue weighted by Crippen LogP contribution is 2.27. The van der Waals surface area contributed by atoms with Gasteiger partial charge in [-0.05, 0) is 49.3 Å². The number of hydrogen-bond donors (Lipinski definition) is 4.